The van der Waals surface area contributed by atoms with Crippen LogP contribution in [0.15, 0.2) is 18.2 Å². The van der Waals surface area contributed by atoms with Crippen molar-refractivity contribution in [1.82, 2.24) is 5.32 Å². The van der Waals surface area contributed by atoms with Crippen molar-refractivity contribution in [3.8, 4) is 5.75 Å². The third-order valence-corrected chi connectivity index (χ3v) is 2.81. The molecule has 0 aliphatic heterocycles. The summed E-state index contributed by atoms with van der Waals surface area (Å²) in [6.07, 6.45) is 0. The van der Waals surface area contributed by atoms with E-state index >= 15 is 0 Å². The minimum absolute atomic E-state index is 0.0913. The fourth-order valence-electron chi connectivity index (χ4n) is 1.43. The number of rotatable bonds is 4. The van der Waals surface area contributed by atoms with Crippen LogP contribution >= 0.6 is 11.6 Å². The fraction of sp³-hybridized carbons (Fsp3) is 0.417. The number of aromatic hydroxyl groups is 1. The Labute approximate surface area is 106 Å². The summed E-state index contributed by atoms with van der Waals surface area (Å²) in [5, 5.41) is 12.8. The number of phenols is 1. The van der Waals surface area contributed by atoms with Crippen LogP contribution in [0.5, 0.6) is 5.75 Å². The third kappa shape index (κ3) is 3.61. The Hall–Kier alpha value is -1.26. The number of carbonyl (C=O) groups excluding carboxylic acids is 1. The molecule has 1 rings (SSSR count). The van der Waals surface area contributed by atoms with Gasteiger partial charge in [0.05, 0.1) is 5.56 Å². The summed E-state index contributed by atoms with van der Waals surface area (Å²) in [5.74, 6) is -0.231. The second-order valence-corrected chi connectivity index (χ2v) is 4.66. The van der Waals surface area contributed by atoms with E-state index < -0.39 is 0 Å². The van der Waals surface area contributed by atoms with Crippen LogP contribution in [0.3, 0.4) is 0 Å². The van der Waals surface area contributed by atoms with Gasteiger partial charge in [-0.3, -0.25) is 4.79 Å². The van der Waals surface area contributed by atoms with Gasteiger partial charge in [-0.25, -0.2) is 0 Å². The molecule has 0 bridgehead atoms. The number of amides is 1. The van der Waals surface area contributed by atoms with Crippen molar-refractivity contribution < 1.29 is 9.90 Å². The fourth-order valence-corrected chi connectivity index (χ4v) is 1.61. The summed E-state index contributed by atoms with van der Waals surface area (Å²) < 4.78 is 0. The number of hydrogen-bond acceptors (Lipinski definition) is 3. The van der Waals surface area contributed by atoms with Crippen LogP contribution in [-0.4, -0.2) is 23.6 Å². The molecular weight excluding hydrogens is 240 g/mol. The van der Waals surface area contributed by atoms with E-state index in [4.69, 9.17) is 17.3 Å². The van der Waals surface area contributed by atoms with Gasteiger partial charge in [-0.2, -0.15) is 0 Å². The predicted octanol–water partition coefficient (Wildman–Crippen LogP) is 1.76. The molecule has 0 aliphatic carbocycles. The molecule has 94 valence electrons. The Morgan fingerprint density at radius 1 is 1.53 bits per heavy atom. The average Bonchev–Trinajstić information content (AvgIpc) is 2.28. The van der Waals surface area contributed by atoms with Crippen LogP contribution in [0, 0.1) is 5.92 Å². The first-order valence-corrected chi connectivity index (χ1v) is 5.83. The molecule has 0 radical (unpaired) electrons. The lowest BCUT2D eigenvalue weighted by atomic mass is 10.0. The number of carbonyl (C=O) groups is 1. The number of hydrogen-bond donors (Lipinski definition) is 3. The number of halogens is 1. The predicted molar refractivity (Wildman–Crippen MR) is 68.3 cm³/mol. The molecule has 4 N–H and O–H groups in total. The Balaban J connectivity index is 2.86. The molecule has 5 heteroatoms. The minimum atomic E-state index is -0.367. The number of nitrogens with one attached hydrogen (secondary N) is 1. The highest BCUT2D eigenvalue weighted by molar-refractivity contribution is 6.31. The van der Waals surface area contributed by atoms with Gasteiger partial charge in [-0.15, -0.1) is 0 Å². The van der Waals surface area contributed by atoms with Gasteiger partial charge in [0.2, 0.25) is 0 Å². The van der Waals surface area contributed by atoms with Crippen molar-refractivity contribution in [3.63, 3.8) is 0 Å². The van der Waals surface area contributed by atoms with Gasteiger partial charge < -0.3 is 16.2 Å². The van der Waals surface area contributed by atoms with Crippen molar-refractivity contribution >= 4 is 17.5 Å². The van der Waals surface area contributed by atoms with E-state index in [-0.39, 0.29) is 29.2 Å². The molecule has 0 saturated heterocycles. The van der Waals surface area contributed by atoms with Crippen molar-refractivity contribution in [2.24, 2.45) is 11.7 Å². The molecule has 0 heterocycles. The van der Waals surface area contributed by atoms with Crippen molar-refractivity contribution in [1.29, 1.82) is 0 Å². The summed E-state index contributed by atoms with van der Waals surface area (Å²) in [7, 11) is 0. The third-order valence-electron chi connectivity index (χ3n) is 2.58. The zero-order chi connectivity index (χ0) is 13.0. The smallest absolute Gasteiger partial charge is 0.255 e. The Kier molecular flexibility index (Phi) is 4.78. The molecule has 0 aromatic heterocycles. The first-order valence-electron chi connectivity index (χ1n) is 5.45. The molecule has 17 heavy (non-hydrogen) atoms. The molecule has 1 aromatic carbocycles. The number of benzene rings is 1. The molecule has 0 spiro atoms. The molecule has 1 aromatic rings. The summed E-state index contributed by atoms with van der Waals surface area (Å²) >= 11 is 5.78. The molecule has 0 fully saturated rings. The van der Waals surface area contributed by atoms with E-state index in [1.807, 2.05) is 13.8 Å². The number of nitrogens with two attached hydrogens (primary N) is 1. The van der Waals surface area contributed by atoms with Crippen LogP contribution in [0.4, 0.5) is 0 Å². The van der Waals surface area contributed by atoms with Gasteiger partial charge in [0.15, 0.2) is 0 Å². The Bertz CT molecular complexity index is 407. The second-order valence-electron chi connectivity index (χ2n) is 4.22. The van der Waals surface area contributed by atoms with Crippen molar-refractivity contribution in [3.05, 3.63) is 28.8 Å². The minimum Gasteiger partial charge on any atom is -0.507 e. The first kappa shape index (κ1) is 13.8. The van der Waals surface area contributed by atoms with Crippen molar-refractivity contribution in [2.75, 3.05) is 6.54 Å². The normalized spacial score (nSPS) is 12.5. The summed E-state index contributed by atoms with van der Waals surface area (Å²) in [5.41, 5.74) is 5.73. The molecule has 1 amide bonds. The molecular formula is C12H17ClN2O2. The molecule has 1 unspecified atom stereocenters. The summed E-state index contributed by atoms with van der Waals surface area (Å²) in [6.45, 7) is 4.29. The zero-order valence-electron chi connectivity index (χ0n) is 9.90. The van der Waals surface area contributed by atoms with Gasteiger partial charge in [0, 0.05) is 17.6 Å². The Morgan fingerprint density at radius 2 is 2.18 bits per heavy atom. The molecule has 4 nitrogen and oxygen atoms in total. The Morgan fingerprint density at radius 3 is 2.71 bits per heavy atom. The van der Waals surface area contributed by atoms with E-state index in [0.29, 0.717) is 11.6 Å². The maximum Gasteiger partial charge on any atom is 0.255 e. The van der Waals surface area contributed by atoms with Crippen molar-refractivity contribution in [2.45, 2.75) is 19.9 Å². The van der Waals surface area contributed by atoms with Crippen LogP contribution in [0.1, 0.15) is 24.2 Å². The standard InChI is InChI=1S/C12H17ClN2O2/c1-7(2)10(6-14)15-12(17)9-5-8(13)3-4-11(9)16/h3-5,7,10,16H,6,14H2,1-2H3,(H,15,17). The van der Waals surface area contributed by atoms with E-state index in [0.717, 1.165) is 0 Å². The molecule has 0 saturated carbocycles. The summed E-state index contributed by atoms with van der Waals surface area (Å²) in [6, 6.07) is 4.22. The second kappa shape index (κ2) is 5.89. The van der Waals surface area contributed by atoms with Gasteiger partial charge >= 0.3 is 0 Å². The summed E-state index contributed by atoms with van der Waals surface area (Å²) in [4.78, 5) is 11.9. The monoisotopic (exact) mass is 256 g/mol. The topological polar surface area (TPSA) is 75.3 Å². The maximum absolute atomic E-state index is 11.9. The van der Waals surface area contributed by atoms with Gasteiger partial charge in [-0.1, -0.05) is 25.4 Å². The average molecular weight is 257 g/mol. The lowest BCUT2D eigenvalue weighted by Gasteiger charge is -2.20. The number of phenolic OH excluding ortho intramolecular Hbond substituents is 1. The highest BCUT2D eigenvalue weighted by Gasteiger charge is 2.18. The highest BCUT2D eigenvalue weighted by Crippen LogP contribution is 2.21. The maximum atomic E-state index is 11.9. The van der Waals surface area contributed by atoms with Crippen LogP contribution in [0.2, 0.25) is 5.02 Å². The highest BCUT2D eigenvalue weighted by atomic mass is 35.5. The molecule has 1 atom stereocenters. The van der Waals surface area contributed by atoms with E-state index in [2.05, 4.69) is 5.32 Å². The van der Waals surface area contributed by atoms with Gasteiger partial charge in [-0.05, 0) is 24.1 Å². The quantitative estimate of drug-likeness (QED) is 0.768. The largest absolute Gasteiger partial charge is 0.507 e. The molecule has 0 aliphatic rings. The van der Waals surface area contributed by atoms with E-state index in [9.17, 15) is 9.90 Å². The lowest BCUT2D eigenvalue weighted by Crippen LogP contribution is -2.43. The van der Waals surface area contributed by atoms with E-state index in [1.165, 1.54) is 18.2 Å². The SMILES string of the molecule is CC(C)C(CN)NC(=O)c1cc(Cl)ccc1O. The van der Waals surface area contributed by atoms with E-state index in [1.54, 1.807) is 0 Å². The van der Waals surface area contributed by atoms with Crippen LogP contribution in [-0.2, 0) is 0 Å². The van der Waals surface area contributed by atoms with Crippen LogP contribution in [0.25, 0.3) is 0 Å². The zero-order valence-corrected chi connectivity index (χ0v) is 10.7. The lowest BCUT2D eigenvalue weighted by molar-refractivity contribution is 0.0925. The first-order chi connectivity index (χ1) is 7.95. The van der Waals surface area contributed by atoms with Crippen LogP contribution < -0.4 is 11.1 Å². The van der Waals surface area contributed by atoms with Gasteiger partial charge in [0.25, 0.3) is 5.91 Å². The van der Waals surface area contributed by atoms with Gasteiger partial charge in [0.1, 0.15) is 5.75 Å².